The number of carbonyl (C=O) groups excluding carboxylic acids is 1. The lowest BCUT2D eigenvalue weighted by Crippen LogP contribution is -2.45. The maximum Gasteiger partial charge on any atom is 0.239 e. The maximum absolute atomic E-state index is 12.8. The van der Waals surface area contributed by atoms with Gasteiger partial charge in [0.15, 0.2) is 0 Å². The molecule has 0 fully saturated rings. The van der Waals surface area contributed by atoms with E-state index in [-0.39, 0.29) is 24.3 Å². The van der Waals surface area contributed by atoms with Crippen LogP contribution in [-0.4, -0.2) is 37.0 Å². The number of amides is 1. The lowest BCUT2D eigenvalue weighted by Gasteiger charge is -2.27. The summed E-state index contributed by atoms with van der Waals surface area (Å²) in [5.74, 6) is -0.242. The second-order valence-corrected chi connectivity index (χ2v) is 3.21. The summed E-state index contributed by atoms with van der Waals surface area (Å²) in [6.07, 6.45) is 2.15. The summed E-state index contributed by atoms with van der Waals surface area (Å²) < 4.78 is 12.8. The van der Waals surface area contributed by atoms with E-state index in [1.54, 1.807) is 14.0 Å². The van der Waals surface area contributed by atoms with Gasteiger partial charge in [0.25, 0.3) is 0 Å². The molecule has 1 rings (SSSR count). The van der Waals surface area contributed by atoms with Crippen LogP contribution in [0.25, 0.3) is 0 Å². The zero-order chi connectivity index (χ0) is 9.84. The zero-order valence-corrected chi connectivity index (χ0v) is 8.01. The van der Waals surface area contributed by atoms with Crippen LogP contribution in [0.2, 0.25) is 0 Å². The molecule has 0 radical (unpaired) electrons. The molecular weight excluding hydrogens is 171 g/mol. The molecule has 0 spiro atoms. The summed E-state index contributed by atoms with van der Waals surface area (Å²) in [4.78, 5) is 13.1. The van der Waals surface area contributed by atoms with Crippen LogP contribution in [0.5, 0.6) is 0 Å². The highest BCUT2D eigenvalue weighted by Crippen LogP contribution is 2.11. The molecule has 1 amide bonds. The number of likely N-dealkylation sites (N-methyl/N-ethyl adjacent to an activating group) is 1. The van der Waals surface area contributed by atoms with Gasteiger partial charge in [0, 0.05) is 6.54 Å². The predicted molar refractivity (Wildman–Crippen MR) is 48.9 cm³/mol. The van der Waals surface area contributed by atoms with Gasteiger partial charge in [-0.3, -0.25) is 4.79 Å². The molecule has 1 unspecified atom stereocenters. The molecule has 13 heavy (non-hydrogen) atoms. The first-order chi connectivity index (χ1) is 6.15. The zero-order valence-electron chi connectivity index (χ0n) is 8.01. The van der Waals surface area contributed by atoms with Gasteiger partial charge < -0.3 is 10.2 Å². The predicted octanol–water partition coefficient (Wildman–Crippen LogP) is 0.680. The SMILES string of the molecule is CNC(C)C(=O)N1CCC=C(F)C1. The van der Waals surface area contributed by atoms with Gasteiger partial charge in [0.2, 0.25) is 5.91 Å². The third-order valence-corrected chi connectivity index (χ3v) is 2.22. The highest BCUT2D eigenvalue weighted by Gasteiger charge is 2.21. The van der Waals surface area contributed by atoms with Crippen LogP contribution in [0.15, 0.2) is 11.9 Å². The molecule has 0 aromatic rings. The Balaban J connectivity index is 2.53. The monoisotopic (exact) mass is 186 g/mol. The fraction of sp³-hybridized carbons (Fsp3) is 0.667. The number of nitrogens with one attached hydrogen (secondary N) is 1. The van der Waals surface area contributed by atoms with Gasteiger partial charge in [-0.1, -0.05) is 0 Å². The van der Waals surface area contributed by atoms with Crippen LogP contribution < -0.4 is 5.32 Å². The maximum atomic E-state index is 12.8. The fourth-order valence-corrected chi connectivity index (χ4v) is 1.29. The quantitative estimate of drug-likeness (QED) is 0.687. The van der Waals surface area contributed by atoms with Crippen molar-refractivity contribution in [2.24, 2.45) is 0 Å². The minimum absolute atomic E-state index is 0.0363. The summed E-state index contributed by atoms with van der Waals surface area (Å²) in [5.41, 5.74) is 0. The van der Waals surface area contributed by atoms with E-state index in [9.17, 15) is 9.18 Å². The smallest absolute Gasteiger partial charge is 0.239 e. The number of nitrogens with zero attached hydrogens (tertiary/aromatic N) is 1. The molecule has 1 heterocycles. The Morgan fingerprint density at radius 2 is 2.46 bits per heavy atom. The molecule has 0 saturated carbocycles. The Morgan fingerprint density at radius 3 is 3.00 bits per heavy atom. The van der Waals surface area contributed by atoms with Crippen LogP contribution in [0.3, 0.4) is 0 Å². The molecule has 0 aliphatic carbocycles. The highest BCUT2D eigenvalue weighted by molar-refractivity contribution is 5.81. The Morgan fingerprint density at radius 1 is 1.77 bits per heavy atom. The van der Waals surface area contributed by atoms with Crippen molar-refractivity contribution in [3.05, 3.63) is 11.9 Å². The molecule has 1 N–H and O–H groups in total. The van der Waals surface area contributed by atoms with Gasteiger partial charge in [-0.05, 0) is 26.5 Å². The van der Waals surface area contributed by atoms with Crippen LogP contribution >= 0.6 is 0 Å². The third kappa shape index (κ3) is 2.52. The Labute approximate surface area is 77.6 Å². The van der Waals surface area contributed by atoms with Gasteiger partial charge in [-0.2, -0.15) is 0 Å². The molecule has 1 aliphatic heterocycles. The molecule has 0 bridgehead atoms. The van der Waals surface area contributed by atoms with Crippen LogP contribution in [0, 0.1) is 0 Å². The number of hydrogen-bond donors (Lipinski definition) is 1. The first-order valence-electron chi connectivity index (χ1n) is 4.45. The number of carbonyl (C=O) groups is 1. The largest absolute Gasteiger partial charge is 0.334 e. The fourth-order valence-electron chi connectivity index (χ4n) is 1.29. The number of rotatable bonds is 2. The Bertz CT molecular complexity index is 228. The molecule has 74 valence electrons. The standard InChI is InChI=1S/C9H15FN2O/c1-7(11-2)9(13)12-5-3-4-8(10)6-12/h4,7,11H,3,5-6H2,1-2H3. The van der Waals surface area contributed by atoms with Crippen molar-refractivity contribution in [2.45, 2.75) is 19.4 Å². The van der Waals surface area contributed by atoms with Crippen molar-refractivity contribution >= 4 is 5.91 Å². The van der Waals surface area contributed by atoms with Crippen molar-refractivity contribution in [3.8, 4) is 0 Å². The molecule has 0 saturated heterocycles. The third-order valence-electron chi connectivity index (χ3n) is 2.22. The van der Waals surface area contributed by atoms with Gasteiger partial charge >= 0.3 is 0 Å². The lowest BCUT2D eigenvalue weighted by molar-refractivity contribution is -0.132. The van der Waals surface area contributed by atoms with Crippen molar-refractivity contribution < 1.29 is 9.18 Å². The topological polar surface area (TPSA) is 32.3 Å². The number of halogens is 1. The van der Waals surface area contributed by atoms with E-state index in [0.717, 1.165) is 0 Å². The molecule has 1 atom stereocenters. The summed E-state index contributed by atoms with van der Waals surface area (Å²) in [7, 11) is 1.72. The van der Waals surface area contributed by atoms with Crippen molar-refractivity contribution in [1.29, 1.82) is 0 Å². The summed E-state index contributed by atoms with van der Waals surface area (Å²) >= 11 is 0. The summed E-state index contributed by atoms with van der Waals surface area (Å²) in [5, 5.41) is 2.84. The van der Waals surface area contributed by atoms with Crippen molar-refractivity contribution in [1.82, 2.24) is 10.2 Å². The van der Waals surface area contributed by atoms with E-state index < -0.39 is 0 Å². The van der Waals surface area contributed by atoms with Gasteiger partial charge in [0.1, 0.15) is 5.83 Å². The average molecular weight is 186 g/mol. The lowest BCUT2D eigenvalue weighted by atomic mass is 10.2. The van der Waals surface area contributed by atoms with Gasteiger partial charge in [0.05, 0.1) is 12.6 Å². The van der Waals surface area contributed by atoms with E-state index in [0.29, 0.717) is 13.0 Å². The molecule has 4 heteroatoms. The van der Waals surface area contributed by atoms with E-state index in [2.05, 4.69) is 5.32 Å². The van der Waals surface area contributed by atoms with Crippen LogP contribution in [0.1, 0.15) is 13.3 Å². The molecular formula is C9H15FN2O. The van der Waals surface area contributed by atoms with Gasteiger partial charge in [-0.25, -0.2) is 4.39 Å². The first kappa shape index (κ1) is 10.2. The van der Waals surface area contributed by atoms with E-state index in [4.69, 9.17) is 0 Å². The van der Waals surface area contributed by atoms with Crippen LogP contribution in [0.4, 0.5) is 4.39 Å². The number of hydrogen-bond acceptors (Lipinski definition) is 2. The second kappa shape index (κ2) is 4.37. The summed E-state index contributed by atoms with van der Waals surface area (Å²) in [6, 6.07) is -0.231. The Kier molecular flexibility index (Phi) is 3.42. The minimum Gasteiger partial charge on any atom is -0.334 e. The molecule has 1 aliphatic rings. The second-order valence-electron chi connectivity index (χ2n) is 3.21. The van der Waals surface area contributed by atoms with E-state index >= 15 is 0 Å². The van der Waals surface area contributed by atoms with Crippen LogP contribution in [-0.2, 0) is 4.79 Å². The normalized spacial score (nSPS) is 19.6. The minimum atomic E-state index is -0.231. The van der Waals surface area contributed by atoms with Gasteiger partial charge in [-0.15, -0.1) is 0 Å². The first-order valence-corrected chi connectivity index (χ1v) is 4.45. The summed E-state index contributed by atoms with van der Waals surface area (Å²) in [6.45, 7) is 2.53. The van der Waals surface area contributed by atoms with Crippen molar-refractivity contribution in [3.63, 3.8) is 0 Å². The molecule has 3 nitrogen and oxygen atoms in total. The average Bonchev–Trinajstić information content (AvgIpc) is 2.15. The Hall–Kier alpha value is -0.900. The molecule has 0 aromatic carbocycles. The van der Waals surface area contributed by atoms with E-state index in [1.165, 1.54) is 11.0 Å². The molecule has 0 aromatic heterocycles. The van der Waals surface area contributed by atoms with Crippen molar-refractivity contribution in [2.75, 3.05) is 20.1 Å². The highest BCUT2D eigenvalue weighted by atomic mass is 19.1. The van der Waals surface area contributed by atoms with E-state index in [1.807, 2.05) is 0 Å².